The van der Waals surface area contributed by atoms with Gasteiger partial charge in [0.25, 0.3) is 0 Å². The molecule has 3 aromatic rings. The van der Waals surface area contributed by atoms with Crippen LogP contribution in [-0.4, -0.2) is 25.4 Å². The molecule has 1 aliphatic heterocycles. The van der Waals surface area contributed by atoms with Gasteiger partial charge >= 0.3 is 10.2 Å². The highest BCUT2D eigenvalue weighted by Gasteiger charge is 2.37. The van der Waals surface area contributed by atoms with E-state index >= 15 is 0 Å². The van der Waals surface area contributed by atoms with Crippen LogP contribution < -0.4 is 9.86 Å². The molecule has 3 N–H and O–H groups in total. The first-order valence-corrected chi connectivity index (χ1v) is 14.3. The Hall–Kier alpha value is -2.14. The van der Waals surface area contributed by atoms with Crippen molar-refractivity contribution in [1.29, 1.82) is 0 Å². The highest BCUT2D eigenvalue weighted by Crippen LogP contribution is 2.42. The van der Waals surface area contributed by atoms with Crippen LogP contribution in [0.15, 0.2) is 35.4 Å². The number of primary sulfonamides is 1. The van der Waals surface area contributed by atoms with Crippen LogP contribution in [0.3, 0.4) is 0 Å². The number of para-hydroxylation sites is 1. The monoisotopic (exact) mass is 490 g/mol. The Labute approximate surface area is 195 Å². The maximum Gasteiger partial charge on any atom is 0.306 e. The fraction of sp³-hybridized carbons (Fsp3) is 0.478. The van der Waals surface area contributed by atoms with Crippen molar-refractivity contribution < 1.29 is 16.8 Å². The molecule has 0 saturated heterocycles. The van der Waals surface area contributed by atoms with Crippen molar-refractivity contribution in [2.45, 2.75) is 69.9 Å². The molecular formula is C23H30N4O4S2. The summed E-state index contributed by atoms with van der Waals surface area (Å²) in [7, 11) is -7.73. The number of rotatable bonds is 4. The van der Waals surface area contributed by atoms with E-state index in [0.717, 1.165) is 23.8 Å². The Morgan fingerprint density at radius 1 is 1.18 bits per heavy atom. The van der Waals surface area contributed by atoms with E-state index in [9.17, 15) is 16.8 Å². The third-order valence-corrected chi connectivity index (χ3v) is 9.78. The molecule has 0 amide bonds. The predicted octanol–water partition coefficient (Wildman–Crippen LogP) is 3.58. The predicted molar refractivity (Wildman–Crippen MR) is 129 cm³/mol. The molecule has 0 unspecified atom stereocenters. The van der Waals surface area contributed by atoms with Gasteiger partial charge in [-0.25, -0.2) is 17.5 Å². The van der Waals surface area contributed by atoms with Crippen molar-refractivity contribution in [2.75, 3.05) is 0 Å². The number of nitrogens with zero attached hydrogens (tertiary/aromatic N) is 2. The summed E-state index contributed by atoms with van der Waals surface area (Å²) in [4.78, 5) is 0.0848. The number of nitrogens with two attached hydrogens (primary N) is 1. The lowest BCUT2D eigenvalue weighted by molar-refractivity contribution is 0.318. The number of nitrogens with one attached hydrogen (secondary N) is 1. The van der Waals surface area contributed by atoms with Crippen molar-refractivity contribution >= 4 is 31.1 Å². The molecule has 33 heavy (non-hydrogen) atoms. The average molecular weight is 491 g/mol. The molecule has 1 aromatic carbocycles. The second kappa shape index (κ2) is 7.43. The van der Waals surface area contributed by atoms with Crippen LogP contribution in [0, 0.1) is 12.8 Å². The lowest BCUT2D eigenvalue weighted by Gasteiger charge is -2.32. The van der Waals surface area contributed by atoms with Crippen LogP contribution in [0.25, 0.3) is 22.2 Å². The Balaban J connectivity index is 1.79. The minimum atomic E-state index is -3.93. The van der Waals surface area contributed by atoms with Crippen molar-refractivity contribution in [3.63, 3.8) is 0 Å². The van der Waals surface area contributed by atoms with E-state index in [1.807, 2.05) is 36.6 Å². The SMILES string of the molecule is Cc1c(S(N)(=O)=O)cc(-c2cn3c4c(cccc24)C(C)(C)NS3(=O)=O)n1CC1CCCCC1. The molecule has 3 heterocycles. The van der Waals surface area contributed by atoms with Crippen LogP contribution in [0.4, 0.5) is 0 Å². The average Bonchev–Trinajstić information content (AvgIpc) is 3.26. The van der Waals surface area contributed by atoms with Crippen molar-refractivity contribution in [1.82, 2.24) is 13.3 Å². The zero-order chi connectivity index (χ0) is 23.8. The molecule has 5 rings (SSSR count). The summed E-state index contributed by atoms with van der Waals surface area (Å²) in [6.07, 6.45) is 7.37. The van der Waals surface area contributed by atoms with Gasteiger partial charge in [0.15, 0.2) is 0 Å². The van der Waals surface area contributed by atoms with E-state index in [1.54, 1.807) is 19.2 Å². The number of hydrogen-bond acceptors (Lipinski definition) is 4. The standard InChI is InChI=1S/C23H30N4O4S2/c1-15-21(32(24,28)29)12-20(26(15)13-16-8-5-4-6-9-16)18-14-27-22-17(18)10-7-11-19(22)23(2,3)25-33(27,30)31/h7,10-12,14,16,25H,4-6,8-9,13H2,1-3H3,(H2,24,28,29). The van der Waals surface area contributed by atoms with Gasteiger partial charge in [-0.3, -0.25) is 0 Å². The molecule has 0 atom stereocenters. The van der Waals surface area contributed by atoms with Gasteiger partial charge in [-0.15, -0.1) is 0 Å². The topological polar surface area (TPSA) is 116 Å². The lowest BCUT2D eigenvalue weighted by atomic mass is 9.89. The lowest BCUT2D eigenvalue weighted by Crippen LogP contribution is -2.47. The van der Waals surface area contributed by atoms with Gasteiger partial charge in [-0.1, -0.05) is 37.5 Å². The first-order chi connectivity index (χ1) is 15.4. The second-order valence-corrected chi connectivity index (χ2v) is 13.0. The molecule has 178 valence electrons. The molecule has 1 saturated carbocycles. The minimum Gasteiger partial charge on any atom is -0.343 e. The van der Waals surface area contributed by atoms with E-state index in [-0.39, 0.29) is 4.90 Å². The Kier molecular flexibility index (Phi) is 5.10. The molecule has 2 aromatic heterocycles. The number of sulfonamides is 1. The van der Waals surface area contributed by atoms with Gasteiger partial charge < -0.3 is 4.57 Å². The van der Waals surface area contributed by atoms with E-state index in [1.165, 1.54) is 23.2 Å². The molecule has 0 radical (unpaired) electrons. The van der Waals surface area contributed by atoms with Gasteiger partial charge in [-0.05, 0) is 51.2 Å². The van der Waals surface area contributed by atoms with Crippen LogP contribution in [-0.2, 0) is 32.3 Å². The van der Waals surface area contributed by atoms with Gasteiger partial charge in [0.1, 0.15) is 4.90 Å². The smallest absolute Gasteiger partial charge is 0.306 e. The Morgan fingerprint density at radius 3 is 2.55 bits per heavy atom. The first-order valence-electron chi connectivity index (χ1n) is 11.3. The number of benzene rings is 1. The van der Waals surface area contributed by atoms with Crippen molar-refractivity contribution in [3.8, 4) is 11.3 Å². The molecular weight excluding hydrogens is 460 g/mol. The van der Waals surface area contributed by atoms with E-state index in [0.29, 0.717) is 34.9 Å². The molecule has 0 spiro atoms. The molecule has 0 bridgehead atoms. The van der Waals surface area contributed by atoms with Gasteiger partial charge in [0.2, 0.25) is 10.0 Å². The minimum absolute atomic E-state index is 0.0848. The summed E-state index contributed by atoms with van der Waals surface area (Å²) in [5.74, 6) is 0.445. The second-order valence-electron chi connectivity index (χ2n) is 9.91. The summed E-state index contributed by atoms with van der Waals surface area (Å²) < 4.78 is 57.0. The zero-order valence-electron chi connectivity index (χ0n) is 19.1. The van der Waals surface area contributed by atoms with Gasteiger partial charge in [-0.2, -0.15) is 13.1 Å². The summed E-state index contributed by atoms with van der Waals surface area (Å²) >= 11 is 0. The number of hydrogen-bond donors (Lipinski definition) is 2. The highest BCUT2D eigenvalue weighted by atomic mass is 32.2. The maximum atomic E-state index is 13.1. The van der Waals surface area contributed by atoms with Crippen LogP contribution >= 0.6 is 0 Å². The van der Waals surface area contributed by atoms with E-state index in [2.05, 4.69) is 4.72 Å². The molecule has 1 fully saturated rings. The van der Waals surface area contributed by atoms with Crippen LogP contribution in [0.2, 0.25) is 0 Å². The summed E-state index contributed by atoms with van der Waals surface area (Å²) in [6.45, 7) is 6.13. The van der Waals surface area contributed by atoms with Gasteiger partial charge in [0, 0.05) is 29.4 Å². The van der Waals surface area contributed by atoms with Crippen molar-refractivity contribution in [2.24, 2.45) is 11.1 Å². The normalized spacial score (nSPS) is 20.4. The molecule has 2 aliphatic rings. The summed E-state index contributed by atoms with van der Waals surface area (Å²) in [6, 6.07) is 7.33. The van der Waals surface area contributed by atoms with Crippen molar-refractivity contribution in [3.05, 3.63) is 41.7 Å². The first kappa shape index (κ1) is 22.6. The molecule has 10 heteroatoms. The Morgan fingerprint density at radius 2 is 1.88 bits per heavy atom. The molecule has 8 nitrogen and oxygen atoms in total. The fourth-order valence-corrected chi connectivity index (χ4v) is 7.90. The number of aromatic nitrogens is 2. The molecule has 1 aliphatic carbocycles. The summed E-state index contributed by atoms with van der Waals surface area (Å²) in [5, 5.41) is 6.33. The largest absolute Gasteiger partial charge is 0.343 e. The highest BCUT2D eigenvalue weighted by molar-refractivity contribution is 7.89. The van der Waals surface area contributed by atoms with Gasteiger partial charge in [0.05, 0.1) is 16.7 Å². The van der Waals surface area contributed by atoms with Crippen LogP contribution in [0.5, 0.6) is 0 Å². The summed E-state index contributed by atoms with van der Waals surface area (Å²) in [5.41, 5.74) is 2.68. The third kappa shape index (κ3) is 3.63. The zero-order valence-corrected chi connectivity index (χ0v) is 20.8. The van der Waals surface area contributed by atoms with E-state index < -0.39 is 25.8 Å². The van der Waals surface area contributed by atoms with Crippen LogP contribution in [0.1, 0.15) is 57.2 Å². The maximum absolute atomic E-state index is 13.1. The Bertz CT molecular complexity index is 1470. The fourth-order valence-electron chi connectivity index (χ4n) is 5.57. The quantitative estimate of drug-likeness (QED) is 0.581. The third-order valence-electron chi connectivity index (χ3n) is 7.18. The van der Waals surface area contributed by atoms with E-state index in [4.69, 9.17) is 5.14 Å².